The zero-order chi connectivity index (χ0) is 24.6. The molecule has 0 fully saturated rings. The number of hydrogen-bond donors (Lipinski definition) is 1. The largest absolute Gasteiger partial charge is 0.441 e. The van der Waals surface area contributed by atoms with Crippen molar-refractivity contribution >= 4 is 22.3 Å². The van der Waals surface area contributed by atoms with Crippen molar-refractivity contribution < 1.29 is 14.3 Å². The number of fused-ring (bicyclic) bond motifs is 3. The lowest BCUT2D eigenvalue weighted by atomic mass is 9.78. The Morgan fingerprint density at radius 1 is 0.743 bits per heavy atom. The molecule has 0 spiro atoms. The van der Waals surface area contributed by atoms with Crippen LogP contribution in [-0.4, -0.2) is 17.1 Å². The van der Waals surface area contributed by atoms with Crippen molar-refractivity contribution in [2.75, 3.05) is 0 Å². The molecule has 0 bridgehead atoms. The van der Waals surface area contributed by atoms with Crippen molar-refractivity contribution in [2.24, 2.45) is 0 Å². The van der Waals surface area contributed by atoms with Crippen molar-refractivity contribution in [3.63, 3.8) is 0 Å². The first kappa shape index (κ1) is 22.6. The van der Waals surface area contributed by atoms with Gasteiger partial charge in [0.15, 0.2) is 11.6 Å². The van der Waals surface area contributed by atoms with Crippen molar-refractivity contribution in [1.82, 2.24) is 5.32 Å². The molecule has 1 aliphatic heterocycles. The van der Waals surface area contributed by atoms with Gasteiger partial charge in [0.2, 0.25) is 5.88 Å². The molecule has 0 aliphatic carbocycles. The van der Waals surface area contributed by atoms with Crippen LogP contribution in [0, 0.1) is 0 Å². The van der Waals surface area contributed by atoms with Crippen molar-refractivity contribution in [3.05, 3.63) is 125 Å². The molecular formula is C31H27NO3. The standard InChI is InChI=1S/C31H27NO3/c1-31(2,3)32-30-27(29(34)22-15-8-5-9-16-22)26(28(33)21-13-6-4-7-14-21)25-23-17-11-10-12-20(23)18-19-24(25)35-30/h4-19,26,32H,1-3H3. The van der Waals surface area contributed by atoms with Crippen LogP contribution < -0.4 is 10.1 Å². The molecule has 0 saturated carbocycles. The average Bonchev–Trinajstić information content (AvgIpc) is 2.87. The molecule has 1 N–H and O–H groups in total. The predicted molar refractivity (Wildman–Crippen MR) is 139 cm³/mol. The molecular weight excluding hydrogens is 434 g/mol. The summed E-state index contributed by atoms with van der Waals surface area (Å²) in [4.78, 5) is 28.3. The smallest absolute Gasteiger partial charge is 0.202 e. The van der Waals surface area contributed by atoms with Gasteiger partial charge in [-0.05, 0) is 37.6 Å². The Balaban J connectivity index is 1.81. The molecule has 0 radical (unpaired) electrons. The van der Waals surface area contributed by atoms with Gasteiger partial charge in [-0.3, -0.25) is 9.59 Å². The van der Waals surface area contributed by atoms with Gasteiger partial charge < -0.3 is 10.1 Å². The van der Waals surface area contributed by atoms with Crippen LogP contribution in [0.5, 0.6) is 5.75 Å². The molecule has 5 rings (SSSR count). The Labute approximate surface area is 205 Å². The molecule has 1 unspecified atom stereocenters. The summed E-state index contributed by atoms with van der Waals surface area (Å²) < 4.78 is 6.38. The van der Waals surface area contributed by atoms with E-state index in [1.165, 1.54) is 0 Å². The SMILES string of the molecule is CC(C)(C)NC1=C(C(=O)c2ccccc2)C(C(=O)c2ccccc2)c2c(ccc3ccccc23)O1. The van der Waals surface area contributed by atoms with Gasteiger partial charge in [-0.25, -0.2) is 0 Å². The molecule has 174 valence electrons. The number of nitrogens with one attached hydrogen (secondary N) is 1. The topological polar surface area (TPSA) is 55.4 Å². The Morgan fingerprint density at radius 3 is 2.00 bits per heavy atom. The Hall–Kier alpha value is -4.18. The van der Waals surface area contributed by atoms with E-state index >= 15 is 0 Å². The number of benzene rings is 4. The summed E-state index contributed by atoms with van der Waals surface area (Å²) >= 11 is 0. The van der Waals surface area contributed by atoms with Crippen LogP contribution in [0.2, 0.25) is 0 Å². The lowest BCUT2D eigenvalue weighted by Gasteiger charge is -2.34. The molecule has 4 aromatic rings. The maximum absolute atomic E-state index is 14.2. The summed E-state index contributed by atoms with van der Waals surface area (Å²) in [5.41, 5.74) is 1.70. The second kappa shape index (κ2) is 8.88. The summed E-state index contributed by atoms with van der Waals surface area (Å²) in [6, 6.07) is 30.0. The number of Topliss-reactive ketones (excluding diaryl/α,β-unsaturated/α-hetero) is 2. The molecule has 0 amide bonds. The molecule has 35 heavy (non-hydrogen) atoms. The minimum absolute atomic E-state index is 0.140. The highest BCUT2D eigenvalue weighted by molar-refractivity contribution is 6.18. The van der Waals surface area contributed by atoms with Crippen LogP contribution in [0.4, 0.5) is 0 Å². The van der Waals surface area contributed by atoms with Crippen LogP contribution in [0.25, 0.3) is 10.8 Å². The number of carbonyl (C=O) groups is 2. The van der Waals surface area contributed by atoms with Crippen LogP contribution >= 0.6 is 0 Å². The van der Waals surface area contributed by atoms with E-state index in [2.05, 4.69) is 5.32 Å². The van der Waals surface area contributed by atoms with Gasteiger partial charge >= 0.3 is 0 Å². The lowest BCUT2D eigenvalue weighted by Crippen LogP contribution is -2.41. The number of hydrogen-bond acceptors (Lipinski definition) is 4. The first-order valence-corrected chi connectivity index (χ1v) is 11.7. The lowest BCUT2D eigenvalue weighted by molar-refractivity contribution is 0.0926. The van der Waals surface area contributed by atoms with Crippen LogP contribution in [-0.2, 0) is 0 Å². The summed E-state index contributed by atoms with van der Waals surface area (Å²) in [6.45, 7) is 5.99. The van der Waals surface area contributed by atoms with Crippen molar-refractivity contribution in [2.45, 2.75) is 32.2 Å². The molecule has 0 saturated heterocycles. The minimum Gasteiger partial charge on any atom is -0.441 e. The van der Waals surface area contributed by atoms with Gasteiger partial charge in [0, 0.05) is 22.2 Å². The van der Waals surface area contributed by atoms with Gasteiger partial charge in [0.25, 0.3) is 0 Å². The number of rotatable bonds is 5. The van der Waals surface area contributed by atoms with E-state index in [4.69, 9.17) is 4.74 Å². The number of ether oxygens (including phenoxy) is 1. The van der Waals surface area contributed by atoms with Gasteiger partial charge in [-0.2, -0.15) is 0 Å². The van der Waals surface area contributed by atoms with E-state index in [9.17, 15) is 9.59 Å². The fraction of sp³-hybridized carbons (Fsp3) is 0.161. The van der Waals surface area contributed by atoms with Crippen molar-refractivity contribution in [1.29, 1.82) is 0 Å². The van der Waals surface area contributed by atoms with E-state index in [-0.39, 0.29) is 11.6 Å². The normalized spacial score (nSPS) is 15.3. The third kappa shape index (κ3) is 4.35. The highest BCUT2D eigenvalue weighted by atomic mass is 16.5. The van der Waals surface area contributed by atoms with E-state index in [1.807, 2.05) is 93.6 Å². The van der Waals surface area contributed by atoms with E-state index in [0.29, 0.717) is 28.3 Å². The molecule has 1 heterocycles. The molecule has 0 aromatic heterocycles. The highest BCUT2D eigenvalue weighted by Crippen LogP contribution is 2.45. The van der Waals surface area contributed by atoms with Gasteiger partial charge in [-0.15, -0.1) is 0 Å². The number of allylic oxidation sites excluding steroid dienone is 1. The van der Waals surface area contributed by atoms with Crippen molar-refractivity contribution in [3.8, 4) is 5.75 Å². The van der Waals surface area contributed by atoms with Crippen LogP contribution in [0.15, 0.2) is 109 Å². The molecule has 4 aromatic carbocycles. The van der Waals surface area contributed by atoms with E-state index in [1.54, 1.807) is 24.3 Å². The monoisotopic (exact) mass is 461 g/mol. The third-order valence-electron chi connectivity index (χ3n) is 6.05. The van der Waals surface area contributed by atoms with Crippen LogP contribution in [0.3, 0.4) is 0 Å². The van der Waals surface area contributed by atoms with E-state index in [0.717, 1.165) is 16.3 Å². The maximum atomic E-state index is 14.2. The Morgan fingerprint density at radius 2 is 1.34 bits per heavy atom. The Bertz CT molecular complexity index is 1450. The Kier molecular flexibility index (Phi) is 5.73. The number of carbonyl (C=O) groups excluding carboxylic acids is 2. The molecule has 1 atom stereocenters. The second-order valence-electron chi connectivity index (χ2n) is 9.78. The highest BCUT2D eigenvalue weighted by Gasteiger charge is 2.41. The molecule has 4 nitrogen and oxygen atoms in total. The van der Waals surface area contributed by atoms with Gasteiger partial charge in [-0.1, -0.05) is 91.0 Å². The van der Waals surface area contributed by atoms with Crippen LogP contribution in [0.1, 0.15) is 53.0 Å². The summed E-state index contributed by atoms with van der Waals surface area (Å²) in [7, 11) is 0. The average molecular weight is 462 g/mol. The maximum Gasteiger partial charge on any atom is 0.202 e. The quantitative estimate of drug-likeness (QED) is 0.337. The number of ketones is 2. The first-order valence-electron chi connectivity index (χ1n) is 11.7. The van der Waals surface area contributed by atoms with Gasteiger partial charge in [0.1, 0.15) is 5.75 Å². The summed E-state index contributed by atoms with van der Waals surface area (Å²) in [6.07, 6.45) is 0. The minimum atomic E-state index is -0.829. The zero-order valence-electron chi connectivity index (χ0n) is 20.0. The fourth-order valence-corrected chi connectivity index (χ4v) is 4.55. The van der Waals surface area contributed by atoms with Gasteiger partial charge in [0.05, 0.1) is 11.5 Å². The molecule has 4 heteroatoms. The zero-order valence-corrected chi connectivity index (χ0v) is 20.0. The first-order chi connectivity index (χ1) is 16.8. The predicted octanol–water partition coefficient (Wildman–Crippen LogP) is 6.68. The third-order valence-corrected chi connectivity index (χ3v) is 6.05. The summed E-state index contributed by atoms with van der Waals surface area (Å²) in [5.74, 6) is -0.299. The summed E-state index contributed by atoms with van der Waals surface area (Å²) in [5, 5.41) is 5.25. The van der Waals surface area contributed by atoms with E-state index < -0.39 is 11.5 Å². The fourth-order valence-electron chi connectivity index (χ4n) is 4.55. The molecule has 1 aliphatic rings. The second-order valence-corrected chi connectivity index (χ2v) is 9.78.